The number of ether oxygens (including phenoxy) is 2. The Kier molecular flexibility index (Phi) is 7.62. The summed E-state index contributed by atoms with van der Waals surface area (Å²) in [5.41, 5.74) is 0.736. The van der Waals surface area contributed by atoms with Crippen molar-refractivity contribution >= 4 is 5.91 Å². The molecule has 0 spiro atoms. The van der Waals surface area contributed by atoms with Crippen molar-refractivity contribution in [3.8, 4) is 0 Å². The topological polar surface area (TPSA) is 50.8 Å². The van der Waals surface area contributed by atoms with Crippen LogP contribution in [-0.4, -0.2) is 56.3 Å². The second kappa shape index (κ2) is 9.73. The molecular formula is C18H30N2O3. The highest BCUT2D eigenvalue weighted by Crippen LogP contribution is 2.18. The average Bonchev–Trinajstić information content (AvgIpc) is 2.78. The van der Waals surface area contributed by atoms with Gasteiger partial charge in [-0.15, -0.1) is 0 Å². The third-order valence-corrected chi connectivity index (χ3v) is 4.00. The van der Waals surface area contributed by atoms with E-state index in [1.165, 1.54) is 0 Å². The van der Waals surface area contributed by atoms with Crippen LogP contribution in [0.15, 0.2) is 23.5 Å². The Labute approximate surface area is 139 Å². The first kappa shape index (κ1) is 18.0. The third kappa shape index (κ3) is 6.75. The molecule has 1 aliphatic heterocycles. The van der Waals surface area contributed by atoms with E-state index in [1.807, 2.05) is 26.0 Å². The number of carbonyl (C=O) groups excluding carboxylic acids is 1. The summed E-state index contributed by atoms with van der Waals surface area (Å²) < 4.78 is 11.3. The number of amides is 1. The number of hydrogen-bond acceptors (Lipinski definition) is 4. The predicted octanol–water partition coefficient (Wildman–Crippen LogP) is 2.24. The van der Waals surface area contributed by atoms with Gasteiger partial charge in [-0.05, 0) is 39.2 Å². The third-order valence-electron chi connectivity index (χ3n) is 4.00. The van der Waals surface area contributed by atoms with E-state index >= 15 is 0 Å². The Balaban J connectivity index is 1.75. The Hall–Kier alpha value is -1.33. The van der Waals surface area contributed by atoms with Crippen LogP contribution in [0.25, 0.3) is 0 Å². The van der Waals surface area contributed by atoms with Crippen LogP contribution >= 0.6 is 0 Å². The molecule has 0 bridgehead atoms. The molecule has 1 amide bonds. The lowest BCUT2D eigenvalue weighted by Crippen LogP contribution is -2.37. The van der Waals surface area contributed by atoms with Gasteiger partial charge in [-0.25, -0.2) is 0 Å². The number of nitrogens with zero attached hydrogens (tertiary/aromatic N) is 1. The fourth-order valence-electron chi connectivity index (χ4n) is 2.77. The normalized spacial score (nSPS) is 19.8. The summed E-state index contributed by atoms with van der Waals surface area (Å²) in [5.74, 6) is 0.936. The van der Waals surface area contributed by atoms with Crippen LogP contribution in [0.1, 0.15) is 39.5 Å². The molecule has 1 heterocycles. The minimum Gasteiger partial charge on any atom is -0.498 e. The van der Waals surface area contributed by atoms with Gasteiger partial charge >= 0.3 is 0 Å². The highest BCUT2D eigenvalue weighted by molar-refractivity contribution is 5.96. The molecule has 0 radical (unpaired) electrons. The van der Waals surface area contributed by atoms with Crippen molar-refractivity contribution in [2.75, 3.05) is 39.5 Å². The van der Waals surface area contributed by atoms with Crippen molar-refractivity contribution in [1.29, 1.82) is 0 Å². The van der Waals surface area contributed by atoms with Gasteiger partial charge in [0.1, 0.15) is 0 Å². The van der Waals surface area contributed by atoms with Crippen molar-refractivity contribution in [2.45, 2.75) is 45.6 Å². The molecule has 0 atom stereocenters. The molecule has 0 saturated carbocycles. The van der Waals surface area contributed by atoms with Gasteiger partial charge in [0.05, 0.1) is 25.6 Å². The maximum atomic E-state index is 12.1. The van der Waals surface area contributed by atoms with Crippen molar-refractivity contribution in [3.63, 3.8) is 0 Å². The summed E-state index contributed by atoms with van der Waals surface area (Å²) in [6, 6.07) is 0.151. The summed E-state index contributed by atoms with van der Waals surface area (Å²) in [5, 5.41) is 2.95. The lowest BCUT2D eigenvalue weighted by atomic mass is 10.2. The van der Waals surface area contributed by atoms with E-state index in [0.29, 0.717) is 6.61 Å². The molecule has 2 aliphatic rings. The smallest absolute Gasteiger partial charge is 0.251 e. The minimum absolute atomic E-state index is 0.00341. The van der Waals surface area contributed by atoms with Gasteiger partial charge in [-0.3, -0.25) is 9.69 Å². The fraction of sp³-hybridized carbons (Fsp3) is 0.722. The standard InChI is InChI=1S/C18H30N2O3/c1-15(2)19-18(21)16-6-3-4-7-17(14-16)23-11-5-8-20-9-12-22-13-10-20/h6,14-15H,3-5,7-13H2,1-2H3,(H,19,21). The predicted molar refractivity (Wildman–Crippen MR) is 91.1 cm³/mol. The lowest BCUT2D eigenvalue weighted by molar-refractivity contribution is -0.117. The maximum Gasteiger partial charge on any atom is 0.251 e. The van der Waals surface area contributed by atoms with Crippen LogP contribution in [0.3, 0.4) is 0 Å². The molecule has 5 nitrogen and oxygen atoms in total. The number of nitrogens with one attached hydrogen (secondary N) is 1. The van der Waals surface area contributed by atoms with Gasteiger partial charge in [0.25, 0.3) is 5.91 Å². The van der Waals surface area contributed by atoms with E-state index in [9.17, 15) is 4.79 Å². The van der Waals surface area contributed by atoms with E-state index in [4.69, 9.17) is 9.47 Å². The van der Waals surface area contributed by atoms with E-state index < -0.39 is 0 Å². The zero-order chi connectivity index (χ0) is 16.5. The fourth-order valence-corrected chi connectivity index (χ4v) is 2.77. The van der Waals surface area contributed by atoms with Crippen LogP contribution in [0.5, 0.6) is 0 Å². The quantitative estimate of drug-likeness (QED) is 0.731. The number of hydrogen-bond donors (Lipinski definition) is 1. The molecular weight excluding hydrogens is 292 g/mol. The maximum absolute atomic E-state index is 12.1. The highest BCUT2D eigenvalue weighted by Gasteiger charge is 2.13. The van der Waals surface area contributed by atoms with Crippen molar-refractivity contribution in [3.05, 3.63) is 23.5 Å². The zero-order valence-electron chi connectivity index (χ0n) is 14.5. The van der Waals surface area contributed by atoms with Crippen LogP contribution in [0.2, 0.25) is 0 Å². The molecule has 130 valence electrons. The van der Waals surface area contributed by atoms with Gasteiger partial charge in [0.15, 0.2) is 0 Å². The van der Waals surface area contributed by atoms with Crippen LogP contribution in [0, 0.1) is 0 Å². The van der Waals surface area contributed by atoms with E-state index in [2.05, 4.69) is 10.2 Å². The van der Waals surface area contributed by atoms with Gasteiger partial charge in [-0.2, -0.15) is 0 Å². The summed E-state index contributed by atoms with van der Waals surface area (Å²) >= 11 is 0. The Morgan fingerprint density at radius 1 is 1.39 bits per heavy atom. The summed E-state index contributed by atoms with van der Waals surface area (Å²) in [7, 11) is 0. The Morgan fingerprint density at radius 3 is 2.91 bits per heavy atom. The number of rotatable bonds is 7. The molecule has 1 fully saturated rings. The summed E-state index contributed by atoms with van der Waals surface area (Å²) in [6.07, 6.45) is 7.81. The lowest BCUT2D eigenvalue weighted by Gasteiger charge is -2.26. The molecule has 0 aromatic rings. The van der Waals surface area contributed by atoms with E-state index in [1.54, 1.807) is 0 Å². The Bertz CT molecular complexity index is 438. The average molecular weight is 322 g/mol. The van der Waals surface area contributed by atoms with Crippen LogP contribution in [0.4, 0.5) is 0 Å². The van der Waals surface area contributed by atoms with Crippen molar-refractivity contribution < 1.29 is 14.3 Å². The first-order valence-corrected chi connectivity index (χ1v) is 8.79. The summed E-state index contributed by atoms with van der Waals surface area (Å²) in [4.78, 5) is 14.6. The second-order valence-corrected chi connectivity index (χ2v) is 6.45. The summed E-state index contributed by atoms with van der Waals surface area (Å²) in [6.45, 7) is 9.42. The highest BCUT2D eigenvalue weighted by atomic mass is 16.5. The van der Waals surface area contributed by atoms with Gasteiger partial charge in [-0.1, -0.05) is 6.08 Å². The number of allylic oxidation sites excluding steroid dienone is 2. The molecule has 0 unspecified atom stereocenters. The molecule has 1 N–H and O–H groups in total. The monoisotopic (exact) mass is 322 g/mol. The van der Waals surface area contributed by atoms with Crippen molar-refractivity contribution in [1.82, 2.24) is 10.2 Å². The largest absolute Gasteiger partial charge is 0.498 e. The number of carbonyl (C=O) groups is 1. The van der Waals surface area contributed by atoms with E-state index in [0.717, 1.165) is 69.9 Å². The molecule has 5 heteroatoms. The molecule has 1 saturated heterocycles. The Morgan fingerprint density at radius 2 is 2.17 bits per heavy atom. The second-order valence-electron chi connectivity index (χ2n) is 6.45. The first-order valence-electron chi connectivity index (χ1n) is 8.79. The van der Waals surface area contributed by atoms with Gasteiger partial charge < -0.3 is 14.8 Å². The molecule has 23 heavy (non-hydrogen) atoms. The van der Waals surface area contributed by atoms with Crippen LogP contribution in [-0.2, 0) is 14.3 Å². The van der Waals surface area contributed by atoms with Gasteiger partial charge in [0, 0.05) is 37.7 Å². The van der Waals surface area contributed by atoms with Crippen LogP contribution < -0.4 is 5.32 Å². The SMILES string of the molecule is CC(C)NC(=O)C1=CCCCC(OCCCN2CCOCC2)=C1. The molecule has 0 aromatic carbocycles. The molecule has 0 aromatic heterocycles. The number of morpholine rings is 1. The van der Waals surface area contributed by atoms with E-state index in [-0.39, 0.29) is 11.9 Å². The van der Waals surface area contributed by atoms with Crippen molar-refractivity contribution in [2.24, 2.45) is 0 Å². The first-order chi connectivity index (χ1) is 11.1. The van der Waals surface area contributed by atoms with Gasteiger partial charge in [0.2, 0.25) is 0 Å². The minimum atomic E-state index is -0.00341. The molecule has 2 rings (SSSR count). The molecule has 1 aliphatic carbocycles. The zero-order valence-corrected chi connectivity index (χ0v) is 14.5.